The SMILES string of the molecule is CC(C)c1c2nc(c(C(C)C)c3[nH]c(c(C(C)C)c4nc(cc5[nH]c1c1cc6ccccc6cc51)-c1cc5ccccc5cc1-4)c1cc4ccccc4cc31)-c1cc3ccccc3cc1-2. The van der Waals surface area contributed by atoms with E-state index in [1.165, 1.54) is 92.5 Å². The molecule has 13 rings (SSSR count). The minimum absolute atomic E-state index is 0.132. The number of benzene rings is 8. The molecule has 4 heteroatoms. The summed E-state index contributed by atoms with van der Waals surface area (Å²) < 4.78 is 0. The molecule has 0 fully saturated rings. The molecule has 0 saturated heterocycles. The molecule has 8 bridgehead atoms. The number of hydrogen-bond acceptors (Lipinski definition) is 2. The maximum atomic E-state index is 5.95. The van der Waals surface area contributed by atoms with Crippen LogP contribution in [0, 0.1) is 0 Å². The first-order chi connectivity index (χ1) is 31.7. The predicted octanol–water partition coefficient (Wildman–Crippen LogP) is 17.3. The van der Waals surface area contributed by atoms with Crippen molar-refractivity contribution in [3.63, 3.8) is 0 Å². The number of fused-ring (bicyclic) bond motifs is 24. The Balaban J connectivity index is 1.34. The van der Waals surface area contributed by atoms with Gasteiger partial charge in [-0.3, -0.25) is 0 Å². The van der Waals surface area contributed by atoms with Crippen LogP contribution in [0.2, 0.25) is 0 Å². The van der Waals surface area contributed by atoms with Crippen LogP contribution < -0.4 is 0 Å². The molecule has 5 heterocycles. The fraction of sp³-hybridized carbons (Fsp3) is 0.148. The van der Waals surface area contributed by atoms with Gasteiger partial charge in [0.25, 0.3) is 0 Å². The van der Waals surface area contributed by atoms with Gasteiger partial charge in [-0.2, -0.15) is 0 Å². The van der Waals surface area contributed by atoms with Gasteiger partial charge in [0.1, 0.15) is 0 Å². The van der Waals surface area contributed by atoms with Crippen molar-refractivity contribution in [1.82, 2.24) is 19.9 Å². The zero-order chi connectivity index (χ0) is 43.8. The van der Waals surface area contributed by atoms with E-state index in [1.54, 1.807) is 0 Å². The molecule has 0 saturated carbocycles. The number of aromatic amines is 2. The van der Waals surface area contributed by atoms with Crippen molar-refractivity contribution in [1.29, 1.82) is 0 Å². The van der Waals surface area contributed by atoms with Crippen molar-refractivity contribution in [2.75, 3.05) is 0 Å². The summed E-state index contributed by atoms with van der Waals surface area (Å²) in [7, 11) is 0. The number of hydrogen-bond donors (Lipinski definition) is 2. The van der Waals surface area contributed by atoms with E-state index in [1.807, 2.05) is 0 Å². The molecule has 2 aliphatic rings. The maximum absolute atomic E-state index is 5.95. The highest BCUT2D eigenvalue weighted by atomic mass is 14.8. The van der Waals surface area contributed by atoms with Crippen LogP contribution in [-0.2, 0) is 0 Å². The normalized spacial score (nSPS) is 12.6. The van der Waals surface area contributed by atoms with Crippen LogP contribution >= 0.6 is 0 Å². The van der Waals surface area contributed by atoms with Gasteiger partial charge in [0.15, 0.2) is 0 Å². The zero-order valence-corrected chi connectivity index (χ0v) is 37.6. The zero-order valence-electron chi connectivity index (χ0n) is 37.6. The molecular formula is C61H48N4. The summed E-state index contributed by atoms with van der Waals surface area (Å²) in [5, 5.41) is 14.5. The Kier molecular flexibility index (Phi) is 8.15. The van der Waals surface area contributed by atoms with Crippen molar-refractivity contribution in [2.45, 2.75) is 59.3 Å². The van der Waals surface area contributed by atoms with Gasteiger partial charge in [-0.05, 0) is 115 Å². The largest absolute Gasteiger partial charge is 0.354 e. The number of nitrogens with zero attached hydrogens (tertiary/aromatic N) is 2. The second kappa shape index (κ2) is 14.0. The van der Waals surface area contributed by atoms with Crippen LogP contribution in [0.25, 0.3) is 132 Å². The lowest BCUT2D eigenvalue weighted by Gasteiger charge is -2.12. The maximum Gasteiger partial charge on any atom is 0.0772 e. The number of H-pyrrole nitrogens is 2. The first-order valence-electron chi connectivity index (χ1n) is 23.2. The third-order valence-corrected chi connectivity index (χ3v) is 14.2. The summed E-state index contributed by atoms with van der Waals surface area (Å²) in [5.41, 5.74) is 16.7. The molecule has 11 aromatic rings. The van der Waals surface area contributed by atoms with E-state index in [4.69, 9.17) is 9.97 Å². The highest BCUT2D eigenvalue weighted by molar-refractivity contribution is 6.18. The van der Waals surface area contributed by atoms with Gasteiger partial charge in [0.2, 0.25) is 0 Å². The Bertz CT molecular complexity index is 4040. The Morgan fingerprint density at radius 3 is 1.03 bits per heavy atom. The predicted molar refractivity (Wildman–Crippen MR) is 277 cm³/mol. The van der Waals surface area contributed by atoms with Crippen molar-refractivity contribution in [3.05, 3.63) is 168 Å². The fourth-order valence-electron chi connectivity index (χ4n) is 11.3. The van der Waals surface area contributed by atoms with Crippen LogP contribution in [-0.4, -0.2) is 19.9 Å². The van der Waals surface area contributed by atoms with Crippen molar-refractivity contribution >= 4 is 86.7 Å². The monoisotopic (exact) mass is 836 g/mol. The highest BCUT2D eigenvalue weighted by Gasteiger charge is 2.29. The minimum Gasteiger partial charge on any atom is -0.354 e. The summed E-state index contributed by atoms with van der Waals surface area (Å²) in [6.07, 6.45) is 0. The summed E-state index contributed by atoms with van der Waals surface area (Å²) >= 11 is 0. The van der Waals surface area contributed by atoms with Crippen LogP contribution in [0.5, 0.6) is 0 Å². The molecule has 0 aliphatic carbocycles. The molecule has 0 atom stereocenters. The van der Waals surface area contributed by atoms with E-state index in [-0.39, 0.29) is 17.8 Å². The number of aromatic nitrogens is 4. The van der Waals surface area contributed by atoms with Gasteiger partial charge >= 0.3 is 0 Å². The lowest BCUT2D eigenvalue weighted by atomic mass is 9.90. The first-order valence-corrected chi connectivity index (χ1v) is 23.2. The topological polar surface area (TPSA) is 57.4 Å². The number of rotatable bonds is 3. The van der Waals surface area contributed by atoms with Gasteiger partial charge in [-0.15, -0.1) is 0 Å². The van der Waals surface area contributed by atoms with Crippen LogP contribution in [0.4, 0.5) is 0 Å². The van der Waals surface area contributed by atoms with Gasteiger partial charge in [-0.1, -0.05) is 139 Å². The third-order valence-electron chi connectivity index (χ3n) is 14.2. The Labute approximate surface area is 377 Å². The smallest absolute Gasteiger partial charge is 0.0772 e. The van der Waals surface area contributed by atoms with Gasteiger partial charge in [0, 0.05) is 66.0 Å². The molecule has 4 nitrogen and oxygen atoms in total. The van der Waals surface area contributed by atoms with Crippen LogP contribution in [0.3, 0.4) is 0 Å². The molecule has 8 aromatic carbocycles. The molecule has 2 N–H and O–H groups in total. The summed E-state index contributed by atoms with van der Waals surface area (Å²) in [4.78, 5) is 20.1. The van der Waals surface area contributed by atoms with E-state index in [2.05, 4.69) is 203 Å². The molecule has 65 heavy (non-hydrogen) atoms. The summed E-state index contributed by atoms with van der Waals surface area (Å²) in [6.45, 7) is 13.9. The van der Waals surface area contributed by atoms with Gasteiger partial charge in [0.05, 0.1) is 39.3 Å². The van der Waals surface area contributed by atoms with Gasteiger partial charge < -0.3 is 9.97 Å². The van der Waals surface area contributed by atoms with E-state index >= 15 is 0 Å². The number of nitrogens with one attached hydrogen (secondary N) is 2. The quantitative estimate of drug-likeness (QED) is 0.186. The third kappa shape index (κ3) is 5.63. The lowest BCUT2D eigenvalue weighted by molar-refractivity contribution is 0.865. The van der Waals surface area contributed by atoms with E-state index in [0.29, 0.717) is 0 Å². The highest BCUT2D eigenvalue weighted by Crippen LogP contribution is 2.50. The average molecular weight is 837 g/mol. The lowest BCUT2D eigenvalue weighted by Crippen LogP contribution is -1.95. The molecular weight excluding hydrogens is 789 g/mol. The van der Waals surface area contributed by atoms with E-state index in [0.717, 1.165) is 56.0 Å². The Morgan fingerprint density at radius 2 is 0.631 bits per heavy atom. The minimum atomic E-state index is 0.132. The average Bonchev–Trinajstić information content (AvgIpc) is 4.04. The molecule has 2 aliphatic heterocycles. The van der Waals surface area contributed by atoms with E-state index < -0.39 is 0 Å². The molecule has 0 spiro atoms. The molecule has 0 amide bonds. The summed E-state index contributed by atoms with van der Waals surface area (Å²) in [6, 6.07) is 56.4. The van der Waals surface area contributed by atoms with Crippen molar-refractivity contribution in [2.24, 2.45) is 0 Å². The first kappa shape index (κ1) is 37.9. The Hall–Kier alpha value is -7.56. The second-order valence-electron chi connectivity index (χ2n) is 19.3. The second-order valence-corrected chi connectivity index (χ2v) is 19.3. The van der Waals surface area contributed by atoms with Crippen molar-refractivity contribution in [3.8, 4) is 45.0 Å². The molecule has 312 valence electrons. The van der Waals surface area contributed by atoms with Crippen LogP contribution in [0.1, 0.15) is 76.0 Å². The Morgan fingerprint density at radius 1 is 0.323 bits per heavy atom. The molecule has 0 unspecified atom stereocenters. The molecule has 0 radical (unpaired) electrons. The standard InChI is InChI=1S/C61H48N4/c1-32(2)53-56-45-25-37-17-9-7-15-35(37)23-43(45)51(62-56)31-52-44-24-36-16-8-10-18-38(36)26-46(44)57(63-52)54(33(3)4)59-48-28-40-20-12-14-22-42(40)30-50(48)61(65-59)55(34(5)6)60-49-29-41-21-13-11-19-39(41)27-47(49)58(53)64-60/h7-34,62,65H,1-6H3. The van der Waals surface area contributed by atoms with Crippen LogP contribution in [0.15, 0.2) is 152 Å². The molecule has 3 aromatic heterocycles. The van der Waals surface area contributed by atoms with Crippen molar-refractivity contribution < 1.29 is 0 Å². The fourth-order valence-corrected chi connectivity index (χ4v) is 11.3. The van der Waals surface area contributed by atoms with E-state index in [9.17, 15) is 0 Å². The van der Waals surface area contributed by atoms with Gasteiger partial charge in [-0.25, -0.2) is 9.97 Å². The summed E-state index contributed by atoms with van der Waals surface area (Å²) in [5.74, 6) is 0.406.